The van der Waals surface area contributed by atoms with Gasteiger partial charge < -0.3 is 20.1 Å². The Morgan fingerprint density at radius 3 is 2.87 bits per heavy atom. The Labute approximate surface area is 136 Å². The molecule has 0 unspecified atom stereocenters. The van der Waals surface area contributed by atoms with E-state index >= 15 is 0 Å². The number of halogens is 1. The maximum absolute atomic E-state index is 14.0. The lowest BCUT2D eigenvalue weighted by Crippen LogP contribution is -2.52. The minimum atomic E-state index is -0.573. The molecule has 1 aromatic rings. The van der Waals surface area contributed by atoms with E-state index in [1.165, 1.54) is 19.2 Å². The number of nitrogens with zero attached hydrogens (tertiary/aromatic N) is 1. The molecule has 1 atom stereocenters. The highest BCUT2D eigenvalue weighted by Gasteiger charge is 2.43. The molecule has 1 saturated heterocycles. The van der Waals surface area contributed by atoms with Gasteiger partial charge in [-0.15, -0.1) is 0 Å². The molecule has 5 nitrogen and oxygen atoms in total. The Morgan fingerprint density at radius 1 is 1.52 bits per heavy atom. The van der Waals surface area contributed by atoms with Gasteiger partial charge in [0.2, 0.25) is 0 Å². The molecule has 1 heterocycles. The van der Waals surface area contributed by atoms with Gasteiger partial charge in [-0.3, -0.25) is 0 Å². The number of hydrogen-bond acceptors (Lipinski definition) is 3. The average Bonchev–Trinajstić information content (AvgIpc) is 2.92. The number of carbonyl (C=O) groups is 1. The number of ether oxygens (including phenoxy) is 1. The first-order valence-corrected chi connectivity index (χ1v) is 7.95. The van der Waals surface area contributed by atoms with Crippen molar-refractivity contribution >= 4 is 11.7 Å². The molecule has 1 aliphatic rings. The van der Waals surface area contributed by atoms with E-state index in [4.69, 9.17) is 4.74 Å². The number of aliphatic hydroxyl groups is 1. The van der Waals surface area contributed by atoms with Gasteiger partial charge in [0.05, 0.1) is 19.3 Å². The van der Waals surface area contributed by atoms with Crippen LogP contribution >= 0.6 is 0 Å². The summed E-state index contributed by atoms with van der Waals surface area (Å²) in [6.45, 7) is 4.58. The number of urea groups is 1. The highest BCUT2D eigenvalue weighted by Crippen LogP contribution is 2.36. The lowest BCUT2D eigenvalue weighted by Gasteiger charge is -2.38. The Balaban J connectivity index is 2.23. The van der Waals surface area contributed by atoms with E-state index in [1.807, 2.05) is 0 Å². The Bertz CT molecular complexity index is 565. The van der Waals surface area contributed by atoms with Gasteiger partial charge in [-0.05, 0) is 37.3 Å². The summed E-state index contributed by atoms with van der Waals surface area (Å²) >= 11 is 0. The van der Waals surface area contributed by atoms with E-state index in [0.717, 1.165) is 12.8 Å². The maximum Gasteiger partial charge on any atom is 0.322 e. The Kier molecular flexibility index (Phi) is 5.46. The van der Waals surface area contributed by atoms with Crippen LogP contribution in [-0.2, 0) is 0 Å². The molecule has 0 radical (unpaired) electrons. The van der Waals surface area contributed by atoms with Crippen LogP contribution in [0, 0.1) is 11.7 Å². The van der Waals surface area contributed by atoms with Gasteiger partial charge >= 0.3 is 6.03 Å². The number of amides is 2. The van der Waals surface area contributed by atoms with Crippen LogP contribution in [0.1, 0.15) is 33.1 Å². The van der Waals surface area contributed by atoms with Gasteiger partial charge in [0, 0.05) is 6.54 Å². The molecule has 2 amide bonds. The minimum Gasteiger partial charge on any atom is -0.494 e. The molecule has 128 valence electrons. The number of anilines is 1. The molecule has 0 aliphatic carbocycles. The summed E-state index contributed by atoms with van der Waals surface area (Å²) in [5.74, 6) is 0.0740. The van der Waals surface area contributed by atoms with Crippen molar-refractivity contribution in [3.05, 3.63) is 24.0 Å². The number of hydrogen-bond donors (Lipinski definition) is 2. The lowest BCUT2D eigenvalue weighted by atomic mass is 9.87. The summed E-state index contributed by atoms with van der Waals surface area (Å²) in [4.78, 5) is 14.3. The normalized spacial score (nSPS) is 20.9. The van der Waals surface area contributed by atoms with E-state index in [1.54, 1.807) is 11.0 Å². The zero-order valence-electron chi connectivity index (χ0n) is 13.9. The van der Waals surface area contributed by atoms with Crippen molar-refractivity contribution in [3.63, 3.8) is 0 Å². The number of aliphatic hydroxyl groups excluding tert-OH is 1. The average molecular weight is 324 g/mol. The van der Waals surface area contributed by atoms with Gasteiger partial charge in [0.25, 0.3) is 0 Å². The summed E-state index contributed by atoms with van der Waals surface area (Å²) in [5, 5.41) is 12.5. The highest BCUT2D eigenvalue weighted by atomic mass is 19.1. The van der Waals surface area contributed by atoms with E-state index in [2.05, 4.69) is 19.2 Å². The van der Waals surface area contributed by atoms with Crippen molar-refractivity contribution in [2.75, 3.05) is 25.6 Å². The third-order valence-electron chi connectivity index (χ3n) is 4.35. The van der Waals surface area contributed by atoms with Crippen molar-refractivity contribution < 1.29 is 19.0 Å². The molecule has 1 fully saturated rings. The maximum atomic E-state index is 14.0. The largest absolute Gasteiger partial charge is 0.494 e. The van der Waals surface area contributed by atoms with E-state index in [0.29, 0.717) is 18.9 Å². The fourth-order valence-corrected chi connectivity index (χ4v) is 3.43. The molecular weight excluding hydrogens is 299 g/mol. The third-order valence-corrected chi connectivity index (χ3v) is 4.35. The van der Waals surface area contributed by atoms with E-state index in [-0.39, 0.29) is 18.0 Å². The van der Waals surface area contributed by atoms with Crippen LogP contribution in [0.3, 0.4) is 0 Å². The lowest BCUT2D eigenvalue weighted by molar-refractivity contribution is 0.0727. The summed E-state index contributed by atoms with van der Waals surface area (Å²) in [7, 11) is 1.43. The fraction of sp³-hybridized carbons (Fsp3) is 0.588. The second-order valence-corrected chi connectivity index (χ2v) is 6.48. The van der Waals surface area contributed by atoms with Crippen LogP contribution in [0.2, 0.25) is 0 Å². The molecule has 23 heavy (non-hydrogen) atoms. The smallest absolute Gasteiger partial charge is 0.322 e. The number of carbonyl (C=O) groups excluding carboxylic acids is 1. The number of nitrogens with one attached hydrogen (secondary N) is 1. The van der Waals surface area contributed by atoms with Gasteiger partial charge in [0.15, 0.2) is 5.82 Å². The molecule has 0 bridgehead atoms. The molecule has 2 N–H and O–H groups in total. The SMILES string of the molecule is COc1cccc(F)c1NC(=O)N1CCC[C@]1(CO)CC(C)C. The Hall–Kier alpha value is -1.82. The second-order valence-electron chi connectivity index (χ2n) is 6.48. The topological polar surface area (TPSA) is 61.8 Å². The Morgan fingerprint density at radius 2 is 2.26 bits per heavy atom. The zero-order chi connectivity index (χ0) is 17.0. The molecule has 0 spiro atoms. The molecule has 1 aliphatic heterocycles. The van der Waals surface area contributed by atoms with Gasteiger partial charge in [-0.1, -0.05) is 19.9 Å². The molecule has 1 aromatic carbocycles. The summed E-state index contributed by atoms with van der Waals surface area (Å²) in [6, 6.07) is 3.99. The van der Waals surface area contributed by atoms with Crippen LogP contribution < -0.4 is 10.1 Å². The quantitative estimate of drug-likeness (QED) is 0.874. The predicted octanol–water partition coefficient (Wildman–Crippen LogP) is 3.24. The van der Waals surface area contributed by atoms with E-state index in [9.17, 15) is 14.3 Å². The first-order chi connectivity index (χ1) is 10.9. The van der Waals surface area contributed by atoms with Crippen molar-refractivity contribution in [1.82, 2.24) is 4.90 Å². The molecule has 6 heteroatoms. The van der Waals surface area contributed by atoms with Gasteiger partial charge in [-0.2, -0.15) is 0 Å². The monoisotopic (exact) mass is 324 g/mol. The predicted molar refractivity (Wildman–Crippen MR) is 87.2 cm³/mol. The van der Waals surface area contributed by atoms with Crippen LogP contribution in [0.25, 0.3) is 0 Å². The fourth-order valence-electron chi connectivity index (χ4n) is 3.43. The summed E-state index contributed by atoms with van der Waals surface area (Å²) in [6.07, 6.45) is 2.30. The summed E-state index contributed by atoms with van der Waals surface area (Å²) < 4.78 is 19.1. The first kappa shape index (κ1) is 17.5. The molecule has 0 aromatic heterocycles. The molecule has 2 rings (SSSR count). The number of methoxy groups -OCH3 is 1. The van der Waals surface area contributed by atoms with Crippen molar-refractivity contribution in [3.8, 4) is 5.75 Å². The summed E-state index contributed by atoms with van der Waals surface area (Å²) in [5.41, 5.74) is -0.542. The van der Waals surface area contributed by atoms with Crippen molar-refractivity contribution in [2.24, 2.45) is 5.92 Å². The molecular formula is C17H25FN2O3. The van der Waals surface area contributed by atoms with Gasteiger partial charge in [-0.25, -0.2) is 9.18 Å². The van der Waals surface area contributed by atoms with Crippen LogP contribution in [0.15, 0.2) is 18.2 Å². The third kappa shape index (κ3) is 3.58. The van der Waals surface area contributed by atoms with Crippen molar-refractivity contribution in [2.45, 2.75) is 38.6 Å². The van der Waals surface area contributed by atoms with E-state index < -0.39 is 17.4 Å². The minimum absolute atomic E-state index is 0.0308. The zero-order valence-corrected chi connectivity index (χ0v) is 13.9. The number of benzene rings is 1. The number of rotatable bonds is 5. The standard InChI is InChI=1S/C17H25FN2O3/c1-12(2)10-17(11-21)8-5-9-20(17)16(22)19-15-13(18)6-4-7-14(15)23-3/h4,6-7,12,21H,5,8-11H2,1-3H3,(H,19,22)/t17-/m1/s1. The first-order valence-electron chi connectivity index (χ1n) is 7.95. The van der Waals surface area contributed by atoms with Gasteiger partial charge in [0.1, 0.15) is 11.4 Å². The van der Waals surface area contributed by atoms with Crippen molar-refractivity contribution in [1.29, 1.82) is 0 Å². The highest BCUT2D eigenvalue weighted by molar-refractivity contribution is 5.91. The van der Waals surface area contributed by atoms with Crippen LogP contribution in [-0.4, -0.2) is 41.8 Å². The molecule has 0 saturated carbocycles. The van der Waals surface area contributed by atoms with Crippen LogP contribution in [0.4, 0.5) is 14.9 Å². The second kappa shape index (κ2) is 7.17. The van der Waals surface area contributed by atoms with Crippen LogP contribution in [0.5, 0.6) is 5.75 Å². The number of likely N-dealkylation sites (tertiary alicyclic amines) is 1. The number of para-hydroxylation sites is 1.